The smallest absolute Gasteiger partial charge is 0.268 e. The van der Waals surface area contributed by atoms with E-state index in [0.29, 0.717) is 27.8 Å². The average Bonchev–Trinajstić information content (AvgIpc) is 3.42. The number of nitrogen functional groups attached to an aromatic ring is 1. The first-order valence-corrected chi connectivity index (χ1v) is 16.0. The summed E-state index contributed by atoms with van der Waals surface area (Å²) in [5.41, 5.74) is 8.08. The maximum Gasteiger partial charge on any atom is 0.268 e. The Morgan fingerprint density at radius 1 is 0.795 bits per heavy atom. The van der Waals surface area contributed by atoms with Gasteiger partial charge < -0.3 is 11.1 Å². The monoisotopic (exact) mass is 621 g/mol. The van der Waals surface area contributed by atoms with Crippen LogP contribution in [0.3, 0.4) is 0 Å². The molecule has 0 aliphatic rings. The molecule has 0 unspecified atom stereocenters. The van der Waals surface area contributed by atoms with Gasteiger partial charge in [0.25, 0.3) is 20.0 Å². The summed E-state index contributed by atoms with van der Waals surface area (Å²) in [7, 11) is -7.83. The largest absolute Gasteiger partial charge is 0.399 e. The fourth-order valence-electron chi connectivity index (χ4n) is 4.62. The van der Waals surface area contributed by atoms with Crippen molar-refractivity contribution in [1.82, 2.24) is 13.9 Å². The SMILES string of the molecule is N#Cc1cnc(Nc2cccc(NS(=O)(=O)c3ccc(N)cc3)c2)nc1-c1cn(S(=O)(=O)c2ccccc2)c2ccccc12. The van der Waals surface area contributed by atoms with Crippen LogP contribution < -0.4 is 15.8 Å². The van der Waals surface area contributed by atoms with Gasteiger partial charge in [0.1, 0.15) is 6.07 Å². The van der Waals surface area contributed by atoms with Crippen LogP contribution in [0.25, 0.3) is 22.2 Å². The minimum atomic E-state index is -3.96. The number of nitrogens with one attached hydrogen (secondary N) is 2. The van der Waals surface area contributed by atoms with E-state index in [1.165, 1.54) is 52.8 Å². The molecule has 11 nitrogen and oxygen atoms in total. The van der Waals surface area contributed by atoms with Gasteiger partial charge in [0, 0.05) is 28.5 Å². The molecule has 0 aliphatic heterocycles. The fraction of sp³-hybridized carbons (Fsp3) is 0. The van der Waals surface area contributed by atoms with Crippen molar-refractivity contribution in [1.29, 1.82) is 5.26 Å². The summed E-state index contributed by atoms with van der Waals surface area (Å²) < 4.78 is 56.6. The highest BCUT2D eigenvalue weighted by molar-refractivity contribution is 7.92. The molecule has 0 saturated carbocycles. The molecule has 13 heteroatoms. The molecule has 4 aromatic carbocycles. The average molecular weight is 622 g/mol. The number of benzene rings is 4. The maximum atomic E-state index is 13.6. The van der Waals surface area contributed by atoms with Gasteiger partial charge in [-0.1, -0.05) is 42.5 Å². The number of nitrogens with two attached hydrogens (primary N) is 1. The van der Waals surface area contributed by atoms with Crippen LogP contribution in [0.2, 0.25) is 0 Å². The van der Waals surface area contributed by atoms with E-state index in [4.69, 9.17) is 5.73 Å². The summed E-state index contributed by atoms with van der Waals surface area (Å²) >= 11 is 0. The minimum Gasteiger partial charge on any atom is -0.399 e. The quantitative estimate of drug-likeness (QED) is 0.190. The van der Waals surface area contributed by atoms with Gasteiger partial charge in [-0.3, -0.25) is 4.72 Å². The van der Waals surface area contributed by atoms with Crippen LogP contribution in [-0.4, -0.2) is 30.8 Å². The number of fused-ring (bicyclic) bond motifs is 1. The molecular weight excluding hydrogens is 599 g/mol. The Labute approximate surface area is 253 Å². The molecule has 0 amide bonds. The number of hydrogen-bond donors (Lipinski definition) is 3. The van der Waals surface area contributed by atoms with Crippen molar-refractivity contribution < 1.29 is 16.8 Å². The summed E-state index contributed by atoms with van der Waals surface area (Å²) in [6.45, 7) is 0. The van der Waals surface area contributed by atoms with E-state index in [2.05, 4.69) is 26.1 Å². The van der Waals surface area contributed by atoms with Crippen molar-refractivity contribution in [2.45, 2.75) is 9.79 Å². The Balaban J connectivity index is 1.36. The number of nitrogens with zero attached hydrogens (tertiary/aromatic N) is 4. The molecule has 0 fully saturated rings. The van der Waals surface area contributed by atoms with Gasteiger partial charge in [0.2, 0.25) is 5.95 Å². The Bertz CT molecular complexity index is 2280. The third kappa shape index (κ3) is 5.42. The molecule has 2 heterocycles. The first-order valence-electron chi connectivity index (χ1n) is 13.1. The number of anilines is 4. The second-order valence-electron chi connectivity index (χ2n) is 9.62. The normalized spacial score (nSPS) is 11.6. The lowest BCUT2D eigenvalue weighted by molar-refractivity contribution is 0.589. The highest BCUT2D eigenvalue weighted by Crippen LogP contribution is 2.34. The molecule has 218 valence electrons. The van der Waals surface area contributed by atoms with Crippen LogP contribution in [0.1, 0.15) is 5.56 Å². The minimum absolute atomic E-state index is 0.0542. The number of hydrogen-bond acceptors (Lipinski definition) is 9. The van der Waals surface area contributed by atoms with Crippen molar-refractivity contribution in [2.24, 2.45) is 0 Å². The molecule has 0 saturated heterocycles. The van der Waals surface area contributed by atoms with Crippen LogP contribution in [0, 0.1) is 11.3 Å². The molecule has 0 spiro atoms. The first kappa shape index (κ1) is 28.4. The van der Waals surface area contributed by atoms with Crippen molar-refractivity contribution in [3.8, 4) is 17.3 Å². The van der Waals surface area contributed by atoms with Gasteiger partial charge in [-0.25, -0.2) is 30.8 Å². The van der Waals surface area contributed by atoms with E-state index in [0.717, 1.165) is 0 Å². The van der Waals surface area contributed by atoms with E-state index in [-0.39, 0.29) is 32.7 Å². The number of aromatic nitrogens is 3. The molecule has 0 atom stereocenters. The third-order valence-electron chi connectivity index (χ3n) is 6.70. The van der Waals surface area contributed by atoms with Gasteiger partial charge in [-0.05, 0) is 60.7 Å². The fourth-order valence-corrected chi connectivity index (χ4v) is 7.06. The van der Waals surface area contributed by atoms with Crippen LogP contribution in [-0.2, 0) is 20.0 Å². The van der Waals surface area contributed by atoms with E-state index in [1.807, 2.05) is 0 Å². The Morgan fingerprint density at radius 3 is 2.25 bits per heavy atom. The summed E-state index contributed by atoms with van der Waals surface area (Å²) in [6, 6.07) is 29.4. The zero-order chi connectivity index (χ0) is 30.9. The summed E-state index contributed by atoms with van der Waals surface area (Å²) in [4.78, 5) is 9.01. The lowest BCUT2D eigenvalue weighted by Gasteiger charge is -2.11. The summed E-state index contributed by atoms with van der Waals surface area (Å²) in [5, 5.41) is 13.5. The number of sulfonamides is 1. The molecule has 6 aromatic rings. The standard InChI is InChI=1S/C31H23N7O4S2/c32-18-21-19-34-31(35-23-7-6-8-24(17-23)37-43(39,40)25-15-13-22(33)14-16-25)36-30(21)28-20-38(29-12-5-4-11-27(28)29)44(41,42)26-9-2-1-3-10-26/h1-17,19-20,37H,33H2,(H,34,35,36). The van der Waals surface area contributed by atoms with Crippen LogP contribution in [0.15, 0.2) is 125 Å². The van der Waals surface area contributed by atoms with Crippen molar-refractivity contribution in [3.05, 3.63) is 121 Å². The van der Waals surface area contributed by atoms with E-state index < -0.39 is 20.0 Å². The van der Waals surface area contributed by atoms with E-state index >= 15 is 0 Å². The summed E-state index contributed by atoms with van der Waals surface area (Å²) in [6.07, 6.45) is 2.79. The Hall–Kier alpha value is -5.71. The molecular formula is C31H23N7O4S2. The van der Waals surface area contributed by atoms with Gasteiger partial charge >= 0.3 is 0 Å². The van der Waals surface area contributed by atoms with E-state index in [9.17, 15) is 22.1 Å². The predicted molar refractivity (Wildman–Crippen MR) is 168 cm³/mol. The highest BCUT2D eigenvalue weighted by atomic mass is 32.2. The molecule has 44 heavy (non-hydrogen) atoms. The second-order valence-corrected chi connectivity index (χ2v) is 13.1. The topological polar surface area (TPSA) is 173 Å². The first-order chi connectivity index (χ1) is 21.2. The lowest BCUT2D eigenvalue weighted by Crippen LogP contribution is -2.13. The van der Waals surface area contributed by atoms with E-state index in [1.54, 1.807) is 66.7 Å². The number of para-hydroxylation sites is 1. The van der Waals surface area contributed by atoms with Crippen molar-refractivity contribution >= 4 is 54.0 Å². The van der Waals surface area contributed by atoms with Gasteiger partial charge in [0.15, 0.2) is 0 Å². The Morgan fingerprint density at radius 2 is 1.50 bits per heavy atom. The van der Waals surface area contributed by atoms with Crippen molar-refractivity contribution in [2.75, 3.05) is 15.8 Å². The zero-order valence-electron chi connectivity index (χ0n) is 22.8. The molecule has 2 aromatic heterocycles. The van der Waals surface area contributed by atoms with Gasteiger partial charge in [0.05, 0.1) is 38.4 Å². The predicted octanol–water partition coefficient (Wildman–Crippen LogP) is 5.33. The summed E-state index contributed by atoms with van der Waals surface area (Å²) in [5.74, 6) is 0.111. The molecule has 4 N–H and O–H groups in total. The van der Waals surface area contributed by atoms with Gasteiger partial charge in [-0.15, -0.1) is 0 Å². The second kappa shape index (κ2) is 11.2. The third-order valence-corrected chi connectivity index (χ3v) is 9.79. The molecule has 0 aliphatic carbocycles. The molecule has 0 radical (unpaired) electrons. The lowest BCUT2D eigenvalue weighted by atomic mass is 10.1. The zero-order valence-corrected chi connectivity index (χ0v) is 24.4. The van der Waals surface area contributed by atoms with Gasteiger partial charge in [-0.2, -0.15) is 5.26 Å². The number of rotatable bonds is 8. The maximum absolute atomic E-state index is 13.6. The molecule has 0 bridgehead atoms. The Kier molecular flexibility index (Phi) is 7.22. The number of nitriles is 1. The van der Waals surface area contributed by atoms with Crippen LogP contribution in [0.4, 0.5) is 23.0 Å². The van der Waals surface area contributed by atoms with Crippen molar-refractivity contribution in [3.63, 3.8) is 0 Å². The van der Waals surface area contributed by atoms with Crippen LogP contribution in [0.5, 0.6) is 0 Å². The molecule has 6 rings (SSSR count). The van der Waals surface area contributed by atoms with Crippen LogP contribution >= 0.6 is 0 Å². The highest BCUT2D eigenvalue weighted by Gasteiger charge is 2.23.